The molecular weight excluding hydrogens is 319 g/mol. The van der Waals surface area contributed by atoms with Crippen molar-refractivity contribution in [1.82, 2.24) is 0 Å². The summed E-state index contributed by atoms with van der Waals surface area (Å²) in [6.07, 6.45) is 2.40. The number of hydrogen-bond donors (Lipinski definition) is 0. The van der Waals surface area contributed by atoms with Gasteiger partial charge in [-0.2, -0.15) is 0 Å². The van der Waals surface area contributed by atoms with Gasteiger partial charge in [0, 0.05) is 17.7 Å². The van der Waals surface area contributed by atoms with Crippen molar-refractivity contribution >= 4 is 46.3 Å². The van der Waals surface area contributed by atoms with Gasteiger partial charge in [0.05, 0.1) is 20.7 Å². The molecule has 21 heavy (non-hydrogen) atoms. The van der Waals surface area contributed by atoms with Gasteiger partial charge >= 0.3 is 0 Å². The number of rotatable bonds is 2. The van der Waals surface area contributed by atoms with E-state index in [1.807, 2.05) is 0 Å². The highest BCUT2D eigenvalue weighted by Gasteiger charge is 2.18. The number of Topliss-reactive ketones (excluding diaryl/α,β-unsaturated/α-hetero) is 1. The van der Waals surface area contributed by atoms with Crippen molar-refractivity contribution in [2.75, 3.05) is 0 Å². The maximum Gasteiger partial charge on any atom is 0.277 e. The summed E-state index contributed by atoms with van der Waals surface area (Å²) >= 11 is 11.3. The molecule has 1 aliphatic rings. The highest BCUT2D eigenvalue weighted by atomic mass is 35.5. The number of carbonyl (C=O) groups is 2. The lowest BCUT2D eigenvalue weighted by molar-refractivity contribution is -0.384. The number of amides is 1. The molecule has 0 N–H and O–H groups in total. The number of benzene rings is 1. The largest absolute Gasteiger partial charge is 0.287 e. The summed E-state index contributed by atoms with van der Waals surface area (Å²) in [7, 11) is 0. The molecule has 0 fully saturated rings. The first-order valence-electron chi connectivity index (χ1n) is 5.55. The fourth-order valence-corrected chi connectivity index (χ4v) is 2.02. The minimum absolute atomic E-state index is 0.0441. The zero-order chi connectivity index (χ0) is 15.6. The van der Waals surface area contributed by atoms with Gasteiger partial charge in [-0.15, -0.1) is 0 Å². The quantitative estimate of drug-likeness (QED) is 0.475. The maximum absolute atomic E-state index is 11.9. The zero-order valence-corrected chi connectivity index (χ0v) is 11.8. The summed E-state index contributed by atoms with van der Waals surface area (Å²) in [6.45, 7) is 0. The van der Waals surface area contributed by atoms with Crippen LogP contribution in [0.2, 0.25) is 0 Å². The molecule has 0 aromatic heterocycles. The van der Waals surface area contributed by atoms with Crippen molar-refractivity contribution in [2.45, 2.75) is 0 Å². The molecule has 6 nitrogen and oxygen atoms in total. The van der Waals surface area contributed by atoms with Crippen LogP contribution < -0.4 is 0 Å². The van der Waals surface area contributed by atoms with Crippen molar-refractivity contribution in [2.24, 2.45) is 4.99 Å². The zero-order valence-electron chi connectivity index (χ0n) is 10.2. The lowest BCUT2D eigenvalue weighted by atomic mass is 10.1. The van der Waals surface area contributed by atoms with Crippen molar-refractivity contribution in [3.05, 3.63) is 62.2 Å². The van der Waals surface area contributed by atoms with Gasteiger partial charge in [0.1, 0.15) is 0 Å². The molecule has 0 saturated heterocycles. The van der Waals surface area contributed by atoms with Crippen LogP contribution in [0.25, 0.3) is 0 Å². The number of aliphatic imine (C=N–C) groups is 1. The van der Waals surface area contributed by atoms with Crippen LogP contribution in [0.5, 0.6) is 0 Å². The fourth-order valence-electron chi connectivity index (χ4n) is 1.55. The molecule has 0 radical (unpaired) electrons. The average molecular weight is 325 g/mol. The lowest BCUT2D eigenvalue weighted by Gasteiger charge is -2.05. The second kappa shape index (κ2) is 5.99. The van der Waals surface area contributed by atoms with Gasteiger partial charge in [0.25, 0.3) is 11.6 Å². The molecule has 1 aliphatic carbocycles. The Bertz CT molecular complexity index is 726. The number of nitro groups is 1. The van der Waals surface area contributed by atoms with E-state index in [4.69, 9.17) is 23.2 Å². The van der Waals surface area contributed by atoms with Crippen LogP contribution in [0.1, 0.15) is 10.4 Å². The van der Waals surface area contributed by atoms with E-state index in [-0.39, 0.29) is 27.0 Å². The fraction of sp³-hybridized carbons (Fsp3) is 0. The molecule has 0 saturated carbocycles. The molecule has 8 heteroatoms. The molecule has 0 bridgehead atoms. The van der Waals surface area contributed by atoms with E-state index in [1.165, 1.54) is 30.4 Å². The van der Waals surface area contributed by atoms with E-state index in [0.29, 0.717) is 0 Å². The van der Waals surface area contributed by atoms with Crippen LogP contribution in [-0.2, 0) is 4.79 Å². The molecule has 0 atom stereocenters. The van der Waals surface area contributed by atoms with E-state index in [2.05, 4.69) is 4.99 Å². The predicted octanol–water partition coefficient (Wildman–Crippen LogP) is 3.00. The summed E-state index contributed by atoms with van der Waals surface area (Å²) < 4.78 is 0. The Balaban J connectivity index is 2.34. The first-order chi connectivity index (χ1) is 9.88. The monoisotopic (exact) mass is 324 g/mol. The maximum atomic E-state index is 11.9. The predicted molar refractivity (Wildman–Crippen MR) is 77.7 cm³/mol. The third-order valence-corrected chi connectivity index (χ3v) is 3.08. The van der Waals surface area contributed by atoms with Gasteiger partial charge < -0.3 is 0 Å². The molecule has 1 aromatic carbocycles. The molecular formula is C13H6Cl2N2O4. The summed E-state index contributed by atoms with van der Waals surface area (Å²) in [6, 6.07) is 5.14. The van der Waals surface area contributed by atoms with Gasteiger partial charge in [0.15, 0.2) is 0 Å². The summed E-state index contributed by atoms with van der Waals surface area (Å²) in [5.41, 5.74) is -0.0780. The van der Waals surface area contributed by atoms with Crippen molar-refractivity contribution < 1.29 is 14.5 Å². The van der Waals surface area contributed by atoms with Crippen LogP contribution >= 0.6 is 23.2 Å². The standard InChI is InChI=1S/C13H6Cl2N2O4/c14-10-5-8(6-11(15)12(10)18)16-13(19)7-2-1-3-9(4-7)17(20)21/h1-6H. The van der Waals surface area contributed by atoms with Gasteiger partial charge in [-0.25, -0.2) is 4.99 Å². The van der Waals surface area contributed by atoms with E-state index in [0.717, 1.165) is 6.07 Å². The number of allylic oxidation sites excluding steroid dienone is 4. The van der Waals surface area contributed by atoms with Crippen molar-refractivity contribution in [1.29, 1.82) is 0 Å². The van der Waals surface area contributed by atoms with E-state index in [1.54, 1.807) is 0 Å². The van der Waals surface area contributed by atoms with Gasteiger partial charge in [-0.05, 0) is 18.2 Å². The van der Waals surface area contributed by atoms with Gasteiger partial charge in [-0.3, -0.25) is 19.7 Å². The minimum atomic E-state index is -0.704. The molecule has 0 spiro atoms. The number of carbonyl (C=O) groups excluding carboxylic acids is 2. The number of nitrogens with zero attached hydrogens (tertiary/aromatic N) is 2. The molecule has 2 rings (SSSR count). The third-order valence-electron chi connectivity index (χ3n) is 2.52. The topological polar surface area (TPSA) is 89.6 Å². The first kappa shape index (κ1) is 15.1. The Labute approximate surface area is 128 Å². The molecule has 0 aliphatic heterocycles. The van der Waals surface area contributed by atoms with Crippen molar-refractivity contribution in [3.8, 4) is 0 Å². The minimum Gasteiger partial charge on any atom is -0.287 e. The van der Waals surface area contributed by atoms with Crippen LogP contribution in [-0.4, -0.2) is 22.3 Å². The number of hydrogen-bond acceptors (Lipinski definition) is 4. The second-order valence-corrected chi connectivity index (χ2v) is 4.78. The highest BCUT2D eigenvalue weighted by Crippen LogP contribution is 2.20. The Morgan fingerprint density at radius 1 is 1.19 bits per heavy atom. The molecule has 0 heterocycles. The second-order valence-electron chi connectivity index (χ2n) is 3.96. The molecule has 0 unspecified atom stereocenters. The van der Waals surface area contributed by atoms with Gasteiger partial charge in [-0.1, -0.05) is 29.3 Å². The van der Waals surface area contributed by atoms with Crippen LogP contribution in [0.4, 0.5) is 5.69 Å². The highest BCUT2D eigenvalue weighted by molar-refractivity contribution is 6.57. The van der Waals surface area contributed by atoms with E-state index >= 15 is 0 Å². The van der Waals surface area contributed by atoms with E-state index < -0.39 is 16.6 Å². The Kier molecular flexibility index (Phi) is 4.30. The van der Waals surface area contributed by atoms with Crippen LogP contribution in [0, 0.1) is 10.1 Å². The number of nitro benzene ring substituents is 1. The van der Waals surface area contributed by atoms with Crippen molar-refractivity contribution in [3.63, 3.8) is 0 Å². The molecule has 106 valence electrons. The summed E-state index contributed by atoms with van der Waals surface area (Å²) in [4.78, 5) is 37.0. The Hall–Kier alpha value is -2.31. The third kappa shape index (κ3) is 3.42. The average Bonchev–Trinajstić information content (AvgIpc) is 2.44. The number of halogens is 2. The lowest BCUT2D eigenvalue weighted by Crippen LogP contribution is -2.10. The smallest absolute Gasteiger partial charge is 0.277 e. The van der Waals surface area contributed by atoms with Crippen LogP contribution in [0.3, 0.4) is 0 Å². The number of ketones is 1. The summed E-state index contributed by atoms with van der Waals surface area (Å²) in [5, 5.41) is 10.3. The summed E-state index contributed by atoms with van der Waals surface area (Å²) in [5.74, 6) is -1.26. The first-order valence-corrected chi connectivity index (χ1v) is 6.30. The molecule has 1 aromatic rings. The molecule has 1 amide bonds. The van der Waals surface area contributed by atoms with E-state index in [9.17, 15) is 19.7 Å². The van der Waals surface area contributed by atoms with Crippen LogP contribution in [0.15, 0.2) is 51.5 Å². The number of non-ortho nitro benzene ring substituents is 1. The SMILES string of the molecule is O=C1C(Cl)=CC(=NC(=O)c2cccc([N+](=O)[O-])c2)C=C1Cl. The Morgan fingerprint density at radius 2 is 1.81 bits per heavy atom. The normalized spacial score (nSPS) is 14.4. The Morgan fingerprint density at radius 3 is 2.38 bits per heavy atom. The van der Waals surface area contributed by atoms with Gasteiger partial charge in [0.2, 0.25) is 5.78 Å².